The van der Waals surface area contributed by atoms with E-state index in [1.54, 1.807) is 25.1 Å². The molecule has 188 valence electrons. The van der Waals surface area contributed by atoms with Crippen molar-refractivity contribution in [2.75, 3.05) is 23.7 Å². The van der Waals surface area contributed by atoms with Gasteiger partial charge < -0.3 is 15.5 Å². The number of nitrogens with two attached hydrogens (primary N) is 1. The van der Waals surface area contributed by atoms with E-state index in [1.165, 1.54) is 4.31 Å². The lowest BCUT2D eigenvalue weighted by atomic mass is 9.94. The molecular formula is C25H33N5O4S. The first-order chi connectivity index (χ1) is 16.5. The molecule has 1 atom stereocenters. The van der Waals surface area contributed by atoms with Gasteiger partial charge in [-0.2, -0.15) is 0 Å². The number of nitrogens with zero attached hydrogens (tertiary/aromatic N) is 3. The van der Waals surface area contributed by atoms with Crippen LogP contribution in [-0.2, 0) is 22.0 Å². The summed E-state index contributed by atoms with van der Waals surface area (Å²) < 4.78 is 31.9. The largest absolute Gasteiger partial charge is 0.419 e. The molecule has 9 nitrogen and oxygen atoms in total. The SMILES string of the molecule is CCCCNC(=O)c1cc(-c2nnc([C@](C)(N)Cc3ccccc3)o2)cc(N(CC)S(C)(=O)=O)c1. The molecule has 10 heteroatoms. The maximum absolute atomic E-state index is 12.8. The molecule has 0 unspecified atom stereocenters. The summed E-state index contributed by atoms with van der Waals surface area (Å²) in [6, 6.07) is 14.5. The second-order valence-electron chi connectivity index (χ2n) is 8.80. The van der Waals surface area contributed by atoms with Gasteiger partial charge in [0.05, 0.1) is 17.5 Å². The summed E-state index contributed by atoms with van der Waals surface area (Å²) in [4.78, 5) is 12.8. The van der Waals surface area contributed by atoms with Gasteiger partial charge in [0.15, 0.2) is 0 Å². The van der Waals surface area contributed by atoms with Crippen LogP contribution in [0.2, 0.25) is 0 Å². The standard InChI is InChI=1S/C25H33N5O4S/c1-5-7-13-27-22(31)19-14-20(16-21(15-19)30(6-2)35(4,32)33)23-28-29-24(34-23)25(3,26)17-18-11-9-8-10-12-18/h8-12,14-16H,5-7,13,17,26H2,1-4H3,(H,27,31)/t25-/m1/s1. The number of sulfonamides is 1. The molecule has 0 saturated heterocycles. The molecule has 0 spiro atoms. The highest BCUT2D eigenvalue weighted by Crippen LogP contribution is 2.30. The van der Waals surface area contributed by atoms with E-state index in [-0.39, 0.29) is 24.2 Å². The van der Waals surface area contributed by atoms with Crippen LogP contribution in [0.15, 0.2) is 52.9 Å². The number of rotatable bonds is 11. The summed E-state index contributed by atoms with van der Waals surface area (Å²) in [7, 11) is -3.57. The van der Waals surface area contributed by atoms with Gasteiger partial charge in [-0.25, -0.2) is 8.42 Å². The third kappa shape index (κ3) is 6.67. The zero-order valence-corrected chi connectivity index (χ0v) is 21.4. The second-order valence-corrected chi connectivity index (χ2v) is 10.7. The molecule has 35 heavy (non-hydrogen) atoms. The van der Waals surface area contributed by atoms with Crippen molar-refractivity contribution < 1.29 is 17.6 Å². The summed E-state index contributed by atoms with van der Waals surface area (Å²) >= 11 is 0. The van der Waals surface area contributed by atoms with Gasteiger partial charge in [-0.1, -0.05) is 43.7 Å². The van der Waals surface area contributed by atoms with Gasteiger partial charge in [0.1, 0.15) is 0 Å². The lowest BCUT2D eigenvalue weighted by molar-refractivity contribution is 0.0953. The van der Waals surface area contributed by atoms with Crippen molar-refractivity contribution in [1.82, 2.24) is 15.5 Å². The fourth-order valence-electron chi connectivity index (χ4n) is 3.77. The lowest BCUT2D eigenvalue weighted by Gasteiger charge is -2.22. The minimum Gasteiger partial charge on any atom is -0.419 e. The van der Waals surface area contributed by atoms with Crippen molar-refractivity contribution in [1.29, 1.82) is 0 Å². The molecular weight excluding hydrogens is 466 g/mol. The third-order valence-corrected chi connectivity index (χ3v) is 6.82. The van der Waals surface area contributed by atoms with Crippen molar-refractivity contribution in [3.8, 4) is 11.5 Å². The zero-order valence-electron chi connectivity index (χ0n) is 20.6. The Morgan fingerprint density at radius 1 is 1.14 bits per heavy atom. The monoisotopic (exact) mass is 499 g/mol. The van der Waals surface area contributed by atoms with E-state index in [2.05, 4.69) is 15.5 Å². The van der Waals surface area contributed by atoms with E-state index in [9.17, 15) is 13.2 Å². The Morgan fingerprint density at radius 3 is 2.49 bits per heavy atom. The highest BCUT2D eigenvalue weighted by molar-refractivity contribution is 7.92. The smallest absolute Gasteiger partial charge is 0.251 e. The average Bonchev–Trinajstić information content (AvgIpc) is 3.30. The van der Waals surface area contributed by atoms with Gasteiger partial charge in [-0.3, -0.25) is 9.10 Å². The highest BCUT2D eigenvalue weighted by Gasteiger charge is 2.29. The molecule has 1 heterocycles. The maximum Gasteiger partial charge on any atom is 0.251 e. The van der Waals surface area contributed by atoms with E-state index >= 15 is 0 Å². The van der Waals surface area contributed by atoms with Crippen molar-refractivity contribution in [2.45, 2.75) is 45.6 Å². The molecule has 0 aliphatic heterocycles. The fourth-order valence-corrected chi connectivity index (χ4v) is 4.72. The Kier molecular flexibility index (Phi) is 8.29. The van der Waals surface area contributed by atoms with Gasteiger partial charge in [-0.05, 0) is 50.5 Å². The van der Waals surface area contributed by atoms with Crippen LogP contribution in [-0.4, -0.2) is 43.9 Å². The topological polar surface area (TPSA) is 131 Å². The Hall–Kier alpha value is -3.24. The molecule has 0 aliphatic rings. The van der Waals surface area contributed by atoms with Crippen molar-refractivity contribution in [3.63, 3.8) is 0 Å². The van der Waals surface area contributed by atoms with Crippen LogP contribution in [0.3, 0.4) is 0 Å². The van der Waals surface area contributed by atoms with Crippen LogP contribution in [0.4, 0.5) is 5.69 Å². The van der Waals surface area contributed by atoms with Crippen LogP contribution in [0.25, 0.3) is 11.5 Å². The quantitative estimate of drug-likeness (QED) is 0.386. The van der Waals surface area contributed by atoms with Crippen LogP contribution >= 0.6 is 0 Å². The van der Waals surface area contributed by atoms with Crippen molar-refractivity contribution in [2.24, 2.45) is 5.73 Å². The summed E-state index contributed by atoms with van der Waals surface area (Å²) in [5.41, 5.74) is 7.69. The number of benzene rings is 2. The van der Waals surface area contributed by atoms with Crippen molar-refractivity contribution >= 4 is 21.6 Å². The Balaban J connectivity index is 2.00. The number of nitrogens with one attached hydrogen (secondary N) is 1. The minimum atomic E-state index is -3.57. The minimum absolute atomic E-state index is 0.152. The van der Waals surface area contributed by atoms with E-state index < -0.39 is 15.6 Å². The number of carbonyl (C=O) groups excluding carboxylic acids is 1. The summed E-state index contributed by atoms with van der Waals surface area (Å²) in [5.74, 6) is 0.0866. The van der Waals surface area contributed by atoms with Gasteiger partial charge in [0.2, 0.25) is 21.8 Å². The van der Waals surface area contributed by atoms with E-state index in [0.29, 0.717) is 29.8 Å². The number of anilines is 1. The number of unbranched alkanes of at least 4 members (excludes halogenated alkanes) is 1. The molecule has 0 bridgehead atoms. The third-order valence-electron chi connectivity index (χ3n) is 5.55. The van der Waals surface area contributed by atoms with Crippen LogP contribution < -0.4 is 15.4 Å². The first kappa shape index (κ1) is 26.4. The summed E-state index contributed by atoms with van der Waals surface area (Å²) in [6.45, 7) is 6.29. The lowest BCUT2D eigenvalue weighted by Crippen LogP contribution is -2.35. The van der Waals surface area contributed by atoms with Gasteiger partial charge in [0.25, 0.3) is 5.91 Å². The summed E-state index contributed by atoms with van der Waals surface area (Å²) in [5, 5.41) is 11.2. The van der Waals surface area contributed by atoms with E-state index in [4.69, 9.17) is 10.2 Å². The fraction of sp³-hybridized carbons (Fsp3) is 0.400. The zero-order chi connectivity index (χ0) is 25.6. The first-order valence-corrected chi connectivity index (χ1v) is 13.5. The molecule has 3 N–H and O–H groups in total. The number of aromatic nitrogens is 2. The highest BCUT2D eigenvalue weighted by atomic mass is 32.2. The number of hydrogen-bond acceptors (Lipinski definition) is 7. The van der Waals surface area contributed by atoms with Gasteiger partial charge in [-0.15, -0.1) is 10.2 Å². The molecule has 0 radical (unpaired) electrons. The molecule has 3 rings (SSSR count). The Morgan fingerprint density at radius 2 is 1.86 bits per heavy atom. The molecule has 1 amide bonds. The number of amides is 1. The average molecular weight is 500 g/mol. The maximum atomic E-state index is 12.8. The number of hydrogen-bond donors (Lipinski definition) is 2. The second kappa shape index (κ2) is 11.0. The Labute approximate surface area is 206 Å². The first-order valence-electron chi connectivity index (χ1n) is 11.6. The van der Waals surface area contributed by atoms with Gasteiger partial charge >= 0.3 is 0 Å². The molecule has 3 aromatic rings. The molecule has 1 aromatic heterocycles. The Bertz CT molecular complexity index is 1260. The molecule has 0 saturated carbocycles. The van der Waals surface area contributed by atoms with Gasteiger partial charge in [0, 0.05) is 24.2 Å². The predicted octanol–water partition coefficient (Wildman–Crippen LogP) is 3.47. The van der Waals surface area contributed by atoms with E-state index in [1.807, 2.05) is 44.2 Å². The van der Waals surface area contributed by atoms with E-state index in [0.717, 1.165) is 24.7 Å². The molecule has 2 aromatic carbocycles. The van der Waals surface area contributed by atoms with Crippen molar-refractivity contribution in [3.05, 3.63) is 65.5 Å². The van der Waals surface area contributed by atoms with Crippen LogP contribution in [0.5, 0.6) is 0 Å². The number of carbonyl (C=O) groups is 1. The predicted molar refractivity (Wildman–Crippen MR) is 137 cm³/mol. The molecule has 0 fully saturated rings. The molecule has 0 aliphatic carbocycles. The van der Waals surface area contributed by atoms with Crippen LogP contribution in [0, 0.1) is 0 Å². The summed E-state index contributed by atoms with van der Waals surface area (Å²) in [6.07, 6.45) is 3.39. The normalized spacial score (nSPS) is 13.3. The van der Waals surface area contributed by atoms with Crippen LogP contribution in [0.1, 0.15) is 55.4 Å².